The third-order valence-electron chi connectivity index (χ3n) is 5.83. The summed E-state index contributed by atoms with van der Waals surface area (Å²) in [6, 6.07) is 24.6. The molecule has 0 unspecified atom stereocenters. The fourth-order valence-corrected chi connectivity index (χ4v) is 3.94. The van der Waals surface area contributed by atoms with Gasteiger partial charge in [0, 0.05) is 47.1 Å². The van der Waals surface area contributed by atoms with E-state index < -0.39 is 0 Å². The van der Waals surface area contributed by atoms with E-state index in [4.69, 9.17) is 0 Å². The predicted molar refractivity (Wildman–Crippen MR) is 156 cm³/mol. The Morgan fingerprint density at radius 2 is 1.35 bits per heavy atom. The van der Waals surface area contributed by atoms with E-state index >= 15 is 0 Å². The molecular formula is C29H33N7O. The molecule has 8 nitrogen and oxygen atoms in total. The highest BCUT2D eigenvalue weighted by Crippen LogP contribution is 2.24. The smallest absolute Gasteiger partial charge is 0.222 e. The zero-order valence-corrected chi connectivity index (χ0v) is 20.9. The fourth-order valence-electron chi connectivity index (χ4n) is 3.94. The number of pyridine rings is 1. The Balaban J connectivity index is 0.000000261. The number of carbonyl (C=O) groups is 1. The van der Waals surface area contributed by atoms with Gasteiger partial charge in [0.1, 0.15) is 5.69 Å². The zero-order valence-electron chi connectivity index (χ0n) is 20.9. The first-order valence-corrected chi connectivity index (χ1v) is 11.9. The number of aromatic amines is 2. The van der Waals surface area contributed by atoms with E-state index in [9.17, 15) is 4.79 Å². The van der Waals surface area contributed by atoms with E-state index in [1.807, 2.05) is 73.7 Å². The molecular weight excluding hydrogens is 462 g/mol. The summed E-state index contributed by atoms with van der Waals surface area (Å²) in [6.07, 6.45) is 5.07. The van der Waals surface area contributed by atoms with Crippen LogP contribution in [0.3, 0.4) is 0 Å². The standard InChI is InChI=1S/C15H15N3.C14H12N4O.3H2/c1-18(2)12-7-8-14(16-10-12)15-9-11-5-3-4-6-13(11)17-15;1-9(19)17-14-8-15-13(7-16-14)12-6-10-4-2-3-5-11(10)18-12;;;/h3-10,17H,1-2H3;2-8,18H,1H3,(H,16,17,19);3*1H. The minimum Gasteiger partial charge on any atom is -0.376 e. The molecule has 2 aromatic carbocycles. The van der Waals surface area contributed by atoms with Crippen molar-refractivity contribution >= 4 is 39.2 Å². The van der Waals surface area contributed by atoms with Gasteiger partial charge >= 0.3 is 0 Å². The molecule has 0 aliphatic heterocycles. The largest absolute Gasteiger partial charge is 0.376 e. The lowest BCUT2D eigenvalue weighted by Gasteiger charge is -2.11. The zero-order chi connectivity index (χ0) is 25.8. The normalized spacial score (nSPS) is 10.7. The maximum atomic E-state index is 10.9. The first-order valence-electron chi connectivity index (χ1n) is 11.9. The van der Waals surface area contributed by atoms with Crippen molar-refractivity contribution in [1.82, 2.24) is 24.9 Å². The van der Waals surface area contributed by atoms with Gasteiger partial charge in [-0.3, -0.25) is 9.78 Å². The summed E-state index contributed by atoms with van der Waals surface area (Å²) in [5.74, 6) is 0.292. The quantitative estimate of drug-likeness (QED) is 0.255. The maximum absolute atomic E-state index is 10.9. The monoisotopic (exact) mass is 495 g/mol. The molecule has 0 bridgehead atoms. The fraction of sp³-hybridized carbons (Fsp3) is 0.103. The highest BCUT2D eigenvalue weighted by Gasteiger charge is 2.06. The first-order chi connectivity index (χ1) is 18.0. The number of amides is 1. The van der Waals surface area contributed by atoms with Gasteiger partial charge in [0.15, 0.2) is 5.82 Å². The lowest BCUT2D eigenvalue weighted by Crippen LogP contribution is -2.08. The van der Waals surface area contributed by atoms with Crippen LogP contribution >= 0.6 is 0 Å². The maximum Gasteiger partial charge on any atom is 0.222 e. The van der Waals surface area contributed by atoms with Gasteiger partial charge < -0.3 is 20.2 Å². The number of H-pyrrole nitrogens is 2. The molecule has 37 heavy (non-hydrogen) atoms. The van der Waals surface area contributed by atoms with E-state index in [2.05, 4.69) is 54.5 Å². The highest BCUT2D eigenvalue weighted by molar-refractivity contribution is 5.88. The summed E-state index contributed by atoms with van der Waals surface area (Å²) < 4.78 is 0. The summed E-state index contributed by atoms with van der Waals surface area (Å²) >= 11 is 0. The number of carbonyl (C=O) groups excluding carboxylic acids is 1. The van der Waals surface area contributed by atoms with Crippen LogP contribution in [-0.4, -0.2) is 44.9 Å². The van der Waals surface area contributed by atoms with Crippen molar-refractivity contribution in [2.75, 3.05) is 24.3 Å². The summed E-state index contributed by atoms with van der Waals surface area (Å²) in [7, 11) is 4.03. The SMILES string of the molecule is CC(=O)Nc1cnc(-c2cc3ccccc3[nH]2)cn1.CN(C)c1ccc(-c2cc3ccccc3[nH]2)nc1.[HH].[HH].[HH]. The van der Waals surface area contributed by atoms with Crippen LogP contribution in [0, 0.1) is 0 Å². The van der Waals surface area contributed by atoms with Crippen LogP contribution in [0.5, 0.6) is 0 Å². The Labute approximate surface area is 218 Å². The molecule has 3 N–H and O–H groups in total. The number of anilines is 2. The summed E-state index contributed by atoms with van der Waals surface area (Å²) in [5, 5.41) is 4.93. The number of nitrogens with one attached hydrogen (secondary N) is 3. The van der Waals surface area contributed by atoms with Gasteiger partial charge in [-0.25, -0.2) is 9.97 Å². The Morgan fingerprint density at radius 1 is 0.757 bits per heavy atom. The number of aromatic nitrogens is 5. The van der Waals surface area contributed by atoms with Crippen molar-refractivity contribution in [3.8, 4) is 22.8 Å². The van der Waals surface area contributed by atoms with E-state index in [1.54, 1.807) is 12.4 Å². The molecule has 0 radical (unpaired) electrons. The molecule has 0 aliphatic carbocycles. The van der Waals surface area contributed by atoms with Crippen LogP contribution in [-0.2, 0) is 4.79 Å². The van der Waals surface area contributed by atoms with Crippen molar-refractivity contribution in [2.24, 2.45) is 0 Å². The van der Waals surface area contributed by atoms with Crippen LogP contribution in [0.15, 0.2) is 91.4 Å². The molecule has 0 atom stereocenters. The van der Waals surface area contributed by atoms with Crippen LogP contribution in [0.1, 0.15) is 11.2 Å². The molecule has 6 rings (SSSR count). The molecule has 6 aromatic rings. The van der Waals surface area contributed by atoms with Crippen LogP contribution in [0.2, 0.25) is 0 Å². The van der Waals surface area contributed by atoms with Crippen molar-refractivity contribution < 1.29 is 9.07 Å². The minimum absolute atomic E-state index is 0. The Hall–Kier alpha value is -4.98. The van der Waals surface area contributed by atoms with Gasteiger partial charge in [0.25, 0.3) is 0 Å². The van der Waals surface area contributed by atoms with Crippen molar-refractivity contribution in [3.05, 3.63) is 91.4 Å². The molecule has 0 spiro atoms. The molecule has 0 fully saturated rings. The molecule has 190 valence electrons. The van der Waals surface area contributed by atoms with Gasteiger partial charge in [-0.15, -0.1) is 0 Å². The summed E-state index contributed by atoms with van der Waals surface area (Å²) in [4.78, 5) is 32.5. The number of nitrogens with zero attached hydrogens (tertiary/aromatic N) is 4. The van der Waals surface area contributed by atoms with Crippen LogP contribution < -0.4 is 10.2 Å². The predicted octanol–water partition coefficient (Wildman–Crippen LogP) is 6.62. The third-order valence-corrected chi connectivity index (χ3v) is 5.83. The van der Waals surface area contributed by atoms with Crippen molar-refractivity contribution in [3.63, 3.8) is 0 Å². The lowest BCUT2D eigenvalue weighted by atomic mass is 10.2. The Morgan fingerprint density at radius 3 is 1.84 bits per heavy atom. The van der Waals surface area contributed by atoms with E-state index in [1.165, 1.54) is 12.3 Å². The highest BCUT2D eigenvalue weighted by atomic mass is 16.1. The van der Waals surface area contributed by atoms with Gasteiger partial charge in [0.2, 0.25) is 5.91 Å². The second-order valence-corrected chi connectivity index (χ2v) is 8.80. The molecule has 1 amide bonds. The van der Waals surface area contributed by atoms with Crippen molar-refractivity contribution in [2.45, 2.75) is 6.92 Å². The lowest BCUT2D eigenvalue weighted by molar-refractivity contribution is -0.114. The molecule has 0 aliphatic rings. The molecule has 4 heterocycles. The number of fused-ring (bicyclic) bond motifs is 2. The first kappa shape index (κ1) is 23.7. The van der Waals surface area contributed by atoms with Crippen LogP contribution in [0.25, 0.3) is 44.6 Å². The number of hydrogen-bond donors (Lipinski definition) is 3. The molecule has 4 aromatic heterocycles. The summed E-state index contributed by atoms with van der Waals surface area (Å²) in [5.41, 5.74) is 6.98. The number of hydrogen-bond acceptors (Lipinski definition) is 5. The van der Waals surface area contributed by atoms with Gasteiger partial charge in [-0.2, -0.15) is 0 Å². The Bertz CT molecular complexity index is 1600. The average Bonchev–Trinajstić information content (AvgIpc) is 3.54. The van der Waals surface area contributed by atoms with E-state index in [0.29, 0.717) is 5.82 Å². The molecule has 8 heteroatoms. The molecule has 0 saturated carbocycles. The number of rotatable bonds is 4. The van der Waals surface area contributed by atoms with E-state index in [0.717, 1.165) is 44.9 Å². The number of para-hydroxylation sites is 2. The van der Waals surface area contributed by atoms with Crippen LogP contribution in [0.4, 0.5) is 11.5 Å². The Kier molecular flexibility index (Phi) is 6.63. The second kappa shape index (κ2) is 10.3. The van der Waals surface area contributed by atoms with Gasteiger partial charge in [-0.05, 0) is 36.4 Å². The molecule has 0 saturated heterocycles. The van der Waals surface area contributed by atoms with Crippen molar-refractivity contribution in [1.29, 1.82) is 0 Å². The average molecular weight is 496 g/mol. The number of benzene rings is 2. The summed E-state index contributed by atoms with van der Waals surface area (Å²) in [6.45, 7) is 1.44. The van der Waals surface area contributed by atoms with E-state index in [-0.39, 0.29) is 10.2 Å². The van der Waals surface area contributed by atoms with Gasteiger partial charge in [-0.1, -0.05) is 36.4 Å². The second-order valence-electron chi connectivity index (χ2n) is 8.80. The minimum atomic E-state index is -0.160. The van der Waals surface area contributed by atoms with Gasteiger partial charge in [0.05, 0.1) is 41.4 Å². The third kappa shape index (κ3) is 5.48. The topological polar surface area (TPSA) is 103 Å².